The number of hydrogen-bond acceptors (Lipinski definition) is 5. The van der Waals surface area contributed by atoms with Crippen molar-refractivity contribution in [1.82, 2.24) is 10.2 Å². The number of ether oxygens (including phenoxy) is 1. The highest BCUT2D eigenvalue weighted by molar-refractivity contribution is 6.09. The number of nitrogens with one attached hydrogen (secondary N) is 1. The van der Waals surface area contributed by atoms with Crippen molar-refractivity contribution in [3.63, 3.8) is 0 Å². The van der Waals surface area contributed by atoms with Crippen molar-refractivity contribution in [2.75, 3.05) is 13.2 Å². The summed E-state index contributed by atoms with van der Waals surface area (Å²) in [6, 6.07) is 3.13. The van der Waals surface area contributed by atoms with Crippen LogP contribution in [-0.4, -0.2) is 47.3 Å². The normalized spacial score (nSPS) is 25.0. The zero-order chi connectivity index (χ0) is 23.1. The Kier molecular flexibility index (Phi) is 6.00. The molecule has 7 nitrogen and oxygen atoms in total. The van der Waals surface area contributed by atoms with E-state index in [4.69, 9.17) is 4.74 Å². The van der Waals surface area contributed by atoms with Crippen molar-refractivity contribution < 1.29 is 23.9 Å². The van der Waals surface area contributed by atoms with Crippen molar-refractivity contribution in [3.05, 3.63) is 34.4 Å². The molecule has 7 heteroatoms. The highest BCUT2D eigenvalue weighted by Crippen LogP contribution is 2.46. The lowest BCUT2D eigenvalue weighted by atomic mass is 9.64. The maximum atomic E-state index is 13.1. The first kappa shape index (κ1) is 23.0. The van der Waals surface area contributed by atoms with Crippen LogP contribution in [0.25, 0.3) is 0 Å². The minimum Gasteiger partial charge on any atom is -0.456 e. The molecule has 1 aliphatic carbocycles. The topological polar surface area (TPSA) is 92.8 Å². The number of benzene rings is 1. The average Bonchev–Trinajstić information content (AvgIpc) is 2.84. The number of amides is 3. The maximum Gasteiger partial charge on any atom is 0.326 e. The minimum absolute atomic E-state index is 0.0897. The number of ketones is 1. The SMILES string of the molecule is Cc1cc(C)c(C(=O)COC(=O)CN2C(=O)N[C@]3(C[C@H](C)CC(C)(C)C3)C2=O)cc1C. The molecule has 2 aliphatic rings. The van der Waals surface area contributed by atoms with Gasteiger partial charge in [0.2, 0.25) is 5.78 Å². The van der Waals surface area contributed by atoms with Gasteiger partial charge in [-0.1, -0.05) is 26.8 Å². The predicted molar refractivity (Wildman–Crippen MR) is 116 cm³/mol. The fraction of sp³-hybridized carbons (Fsp3) is 0.583. The van der Waals surface area contributed by atoms with Gasteiger partial charge in [0.25, 0.3) is 5.91 Å². The van der Waals surface area contributed by atoms with Gasteiger partial charge in [-0.2, -0.15) is 0 Å². The third-order valence-corrected chi connectivity index (χ3v) is 6.42. The van der Waals surface area contributed by atoms with Gasteiger partial charge in [0.15, 0.2) is 6.61 Å². The van der Waals surface area contributed by atoms with Crippen molar-refractivity contribution in [1.29, 1.82) is 0 Å². The number of aryl methyl sites for hydroxylation is 3. The molecule has 1 N–H and O–H groups in total. The molecular formula is C24H32N2O5. The summed E-state index contributed by atoms with van der Waals surface area (Å²) in [4.78, 5) is 51.4. The Balaban J connectivity index is 1.63. The van der Waals surface area contributed by atoms with E-state index in [1.54, 1.807) is 6.07 Å². The second-order valence-electron chi connectivity index (χ2n) is 10.1. The minimum atomic E-state index is -0.967. The number of hydrogen-bond donors (Lipinski definition) is 1. The van der Waals surface area contributed by atoms with Gasteiger partial charge in [0, 0.05) is 5.56 Å². The first-order chi connectivity index (χ1) is 14.3. The summed E-state index contributed by atoms with van der Waals surface area (Å²) in [6.07, 6.45) is 2.06. The molecule has 168 valence electrons. The largest absolute Gasteiger partial charge is 0.456 e. The molecule has 3 rings (SSSR count). The Morgan fingerprint density at radius 2 is 1.74 bits per heavy atom. The van der Waals surface area contributed by atoms with Crippen molar-refractivity contribution >= 4 is 23.7 Å². The molecule has 1 spiro atoms. The molecule has 1 aromatic rings. The quantitative estimate of drug-likeness (QED) is 0.440. The van der Waals surface area contributed by atoms with Crippen LogP contribution in [-0.2, 0) is 14.3 Å². The van der Waals surface area contributed by atoms with Crippen molar-refractivity contribution in [2.24, 2.45) is 11.3 Å². The summed E-state index contributed by atoms with van der Waals surface area (Å²) >= 11 is 0. The highest BCUT2D eigenvalue weighted by atomic mass is 16.5. The van der Waals surface area contributed by atoms with Crippen LogP contribution in [0.2, 0.25) is 0 Å². The van der Waals surface area contributed by atoms with E-state index < -0.39 is 30.7 Å². The zero-order valence-corrected chi connectivity index (χ0v) is 19.3. The number of Topliss-reactive ketones (excluding diaryl/α,β-unsaturated/α-hetero) is 1. The molecule has 3 amide bonds. The van der Waals surface area contributed by atoms with Crippen LogP contribution >= 0.6 is 0 Å². The van der Waals surface area contributed by atoms with E-state index in [1.807, 2.05) is 26.8 Å². The van der Waals surface area contributed by atoms with Crippen LogP contribution < -0.4 is 5.32 Å². The van der Waals surface area contributed by atoms with E-state index in [2.05, 4.69) is 26.1 Å². The number of urea groups is 1. The lowest BCUT2D eigenvalue weighted by Crippen LogP contribution is -2.54. The third kappa shape index (κ3) is 4.65. The summed E-state index contributed by atoms with van der Waals surface area (Å²) in [6.45, 7) is 11.0. The monoisotopic (exact) mass is 428 g/mol. The van der Waals surface area contributed by atoms with Gasteiger partial charge in [-0.15, -0.1) is 0 Å². The lowest BCUT2D eigenvalue weighted by molar-refractivity contribution is -0.147. The third-order valence-electron chi connectivity index (χ3n) is 6.42. The smallest absolute Gasteiger partial charge is 0.326 e. The number of nitrogens with zero attached hydrogens (tertiary/aromatic N) is 1. The fourth-order valence-corrected chi connectivity index (χ4v) is 5.31. The molecule has 0 radical (unpaired) electrons. The van der Waals surface area contributed by atoms with E-state index in [0.29, 0.717) is 18.4 Å². The summed E-state index contributed by atoms with van der Waals surface area (Å²) < 4.78 is 5.12. The Morgan fingerprint density at radius 3 is 2.39 bits per heavy atom. The van der Waals surface area contributed by atoms with Crippen LogP contribution in [0.5, 0.6) is 0 Å². The Labute approximate surface area is 183 Å². The van der Waals surface area contributed by atoms with Gasteiger partial charge in [0.1, 0.15) is 12.1 Å². The van der Waals surface area contributed by atoms with E-state index in [9.17, 15) is 19.2 Å². The zero-order valence-electron chi connectivity index (χ0n) is 19.3. The molecule has 1 aromatic carbocycles. The summed E-state index contributed by atoms with van der Waals surface area (Å²) in [5.41, 5.74) is 2.32. The predicted octanol–water partition coefficient (Wildman–Crippen LogP) is 3.47. The average molecular weight is 429 g/mol. The molecular weight excluding hydrogens is 396 g/mol. The number of esters is 1. The second-order valence-corrected chi connectivity index (χ2v) is 10.1. The van der Waals surface area contributed by atoms with E-state index in [0.717, 1.165) is 28.0 Å². The Bertz CT molecular complexity index is 952. The number of imide groups is 1. The highest BCUT2D eigenvalue weighted by Gasteiger charge is 2.56. The molecule has 0 aromatic heterocycles. The summed E-state index contributed by atoms with van der Waals surface area (Å²) in [5.74, 6) is -1.20. The molecule has 2 atom stereocenters. The molecule has 1 saturated heterocycles. The molecule has 0 bridgehead atoms. The van der Waals surface area contributed by atoms with E-state index in [1.165, 1.54) is 0 Å². The van der Waals surface area contributed by atoms with Gasteiger partial charge in [-0.3, -0.25) is 19.3 Å². The van der Waals surface area contributed by atoms with Crippen LogP contribution in [0, 0.1) is 32.1 Å². The molecule has 0 unspecified atom stereocenters. The van der Waals surface area contributed by atoms with E-state index >= 15 is 0 Å². The van der Waals surface area contributed by atoms with Gasteiger partial charge in [-0.25, -0.2) is 4.79 Å². The Hall–Kier alpha value is -2.70. The lowest BCUT2D eigenvalue weighted by Gasteiger charge is -2.43. The van der Waals surface area contributed by atoms with E-state index in [-0.39, 0.29) is 23.0 Å². The van der Waals surface area contributed by atoms with Crippen molar-refractivity contribution in [2.45, 2.75) is 66.3 Å². The molecule has 2 fully saturated rings. The summed E-state index contributed by atoms with van der Waals surface area (Å²) in [7, 11) is 0. The van der Waals surface area contributed by atoms with Gasteiger partial charge >= 0.3 is 12.0 Å². The molecule has 31 heavy (non-hydrogen) atoms. The van der Waals surface area contributed by atoms with Gasteiger partial charge in [-0.05, 0) is 74.1 Å². The first-order valence-electron chi connectivity index (χ1n) is 10.7. The number of rotatable bonds is 5. The number of carbonyl (C=O) groups is 4. The van der Waals surface area contributed by atoms with Gasteiger partial charge in [0.05, 0.1) is 0 Å². The first-order valence-corrected chi connectivity index (χ1v) is 10.7. The summed E-state index contributed by atoms with van der Waals surface area (Å²) in [5, 5.41) is 2.83. The van der Waals surface area contributed by atoms with Gasteiger partial charge < -0.3 is 10.1 Å². The van der Waals surface area contributed by atoms with Crippen molar-refractivity contribution in [3.8, 4) is 0 Å². The van der Waals surface area contributed by atoms with Crippen LogP contribution in [0.1, 0.15) is 67.1 Å². The van der Waals surface area contributed by atoms with Crippen LogP contribution in [0.3, 0.4) is 0 Å². The fourth-order valence-electron chi connectivity index (χ4n) is 5.31. The molecule has 1 heterocycles. The van der Waals surface area contributed by atoms with Crippen LogP contribution in [0.4, 0.5) is 4.79 Å². The second kappa shape index (κ2) is 8.09. The number of carbonyl (C=O) groups excluding carboxylic acids is 4. The molecule has 1 saturated carbocycles. The van der Waals surface area contributed by atoms with Crippen LogP contribution in [0.15, 0.2) is 12.1 Å². The standard InChI is InChI=1S/C24H32N2O5/c1-14-9-23(5,6)13-24(10-14)21(29)26(22(30)25-24)11-20(28)31-12-19(27)18-8-16(3)15(2)7-17(18)4/h7-8,14H,9-13H2,1-6H3,(H,25,30)/t14-,24+/m1/s1. The Morgan fingerprint density at radius 1 is 1.10 bits per heavy atom. The molecule has 1 aliphatic heterocycles. The maximum absolute atomic E-state index is 13.1.